The molecular formula is C28H35N5O4Si. The van der Waals surface area contributed by atoms with E-state index in [-0.39, 0.29) is 22.5 Å². The molecule has 1 aliphatic rings. The van der Waals surface area contributed by atoms with Crippen molar-refractivity contribution in [3.63, 3.8) is 0 Å². The molecule has 0 bridgehead atoms. The average Bonchev–Trinajstić information content (AvgIpc) is 2.87. The fraction of sp³-hybridized carbons (Fsp3) is 0.393. The summed E-state index contributed by atoms with van der Waals surface area (Å²) in [5.74, 6) is 0.366. The molecule has 0 amide bonds. The van der Waals surface area contributed by atoms with E-state index >= 15 is 0 Å². The van der Waals surface area contributed by atoms with Gasteiger partial charge in [0, 0.05) is 42.9 Å². The molecule has 0 spiro atoms. The maximum absolute atomic E-state index is 13.5. The van der Waals surface area contributed by atoms with Crippen molar-refractivity contribution in [1.29, 1.82) is 0 Å². The van der Waals surface area contributed by atoms with E-state index < -0.39 is 8.32 Å². The number of carbonyl (C=O) groups is 1. The van der Waals surface area contributed by atoms with Crippen LogP contribution in [0.15, 0.2) is 59.8 Å². The lowest BCUT2D eigenvalue weighted by atomic mass is 10.0. The Labute approximate surface area is 224 Å². The van der Waals surface area contributed by atoms with Gasteiger partial charge < -0.3 is 14.1 Å². The quantitative estimate of drug-likeness (QED) is 0.312. The predicted molar refractivity (Wildman–Crippen MR) is 151 cm³/mol. The van der Waals surface area contributed by atoms with Gasteiger partial charge in [-0.05, 0) is 54.5 Å². The molecule has 4 rings (SSSR count). The molecule has 3 heterocycles. The lowest BCUT2D eigenvalue weighted by molar-refractivity contribution is -0.146. The minimum absolute atomic E-state index is 0.115. The number of nitrogens with zero attached hydrogens (tertiary/aromatic N) is 5. The number of hydrogen-bond acceptors (Lipinski definition) is 8. The van der Waals surface area contributed by atoms with Crippen LogP contribution in [0.1, 0.15) is 26.5 Å². The molecule has 1 aromatic carbocycles. The van der Waals surface area contributed by atoms with Crippen molar-refractivity contribution in [1.82, 2.24) is 19.5 Å². The second-order valence-corrected chi connectivity index (χ2v) is 15.7. The van der Waals surface area contributed by atoms with Crippen LogP contribution in [0.2, 0.25) is 18.1 Å². The van der Waals surface area contributed by atoms with Gasteiger partial charge in [0.15, 0.2) is 20.0 Å². The summed E-state index contributed by atoms with van der Waals surface area (Å²) in [4.78, 5) is 40.4. The van der Waals surface area contributed by atoms with Gasteiger partial charge in [0.1, 0.15) is 0 Å². The minimum atomic E-state index is -1.89. The monoisotopic (exact) mass is 533 g/mol. The molecule has 9 nitrogen and oxygen atoms in total. The van der Waals surface area contributed by atoms with Crippen molar-refractivity contribution in [3.05, 3.63) is 71.0 Å². The maximum atomic E-state index is 13.5. The van der Waals surface area contributed by atoms with Gasteiger partial charge in [-0.25, -0.2) is 15.0 Å². The van der Waals surface area contributed by atoms with Crippen molar-refractivity contribution in [2.24, 2.45) is 5.92 Å². The molecule has 1 aliphatic heterocycles. The van der Waals surface area contributed by atoms with E-state index in [1.54, 1.807) is 29.2 Å². The fourth-order valence-electron chi connectivity index (χ4n) is 3.80. The molecule has 0 saturated carbocycles. The first-order valence-corrected chi connectivity index (χ1v) is 15.6. The first-order chi connectivity index (χ1) is 18.0. The van der Waals surface area contributed by atoms with Crippen molar-refractivity contribution >= 4 is 26.2 Å². The topological polar surface area (TPSA) is 99.4 Å². The number of rotatable bonds is 8. The standard InChI is InChI=1S/C28H35N5O4Si/c1-28(2,3)38(5,6)37-16-7-9-22-19-33(23-12-10-20(11-13-23)24-29-14-8-15-30-24)26(34)25(31-22)32-17-21(18-32)27(35)36-4/h7-15,19,21H,16-18H2,1-6H3/b9-7+. The summed E-state index contributed by atoms with van der Waals surface area (Å²) >= 11 is 0. The number of carbonyl (C=O) groups excluding carboxylic acids is 1. The summed E-state index contributed by atoms with van der Waals surface area (Å²) < 4.78 is 12.7. The normalized spacial score (nSPS) is 14.5. The third-order valence-corrected chi connectivity index (χ3v) is 11.7. The summed E-state index contributed by atoms with van der Waals surface area (Å²) in [7, 11) is -0.513. The summed E-state index contributed by atoms with van der Waals surface area (Å²) in [5.41, 5.74) is 1.90. The molecule has 38 heavy (non-hydrogen) atoms. The van der Waals surface area contributed by atoms with Gasteiger partial charge in [-0.3, -0.25) is 14.2 Å². The van der Waals surface area contributed by atoms with Gasteiger partial charge in [0.25, 0.3) is 5.56 Å². The molecule has 2 aromatic heterocycles. The summed E-state index contributed by atoms with van der Waals surface area (Å²) in [6, 6.07) is 9.26. The van der Waals surface area contributed by atoms with E-state index in [9.17, 15) is 9.59 Å². The van der Waals surface area contributed by atoms with Crippen LogP contribution in [0.3, 0.4) is 0 Å². The molecule has 3 aromatic rings. The zero-order valence-corrected chi connectivity index (χ0v) is 23.8. The highest BCUT2D eigenvalue weighted by Crippen LogP contribution is 2.36. The highest BCUT2D eigenvalue weighted by atomic mass is 28.4. The number of aromatic nitrogens is 4. The van der Waals surface area contributed by atoms with Crippen molar-refractivity contribution in [2.75, 3.05) is 31.7 Å². The van der Waals surface area contributed by atoms with Crippen LogP contribution in [-0.2, 0) is 14.0 Å². The summed E-state index contributed by atoms with van der Waals surface area (Å²) in [6.45, 7) is 12.3. The largest absolute Gasteiger partial charge is 0.469 e. The van der Waals surface area contributed by atoms with E-state index in [1.807, 2.05) is 41.3 Å². The number of methoxy groups -OCH3 is 1. The third-order valence-electron chi connectivity index (χ3n) is 7.23. The number of hydrogen-bond donors (Lipinski definition) is 0. The molecule has 10 heteroatoms. The number of benzene rings is 1. The van der Waals surface area contributed by atoms with E-state index in [1.165, 1.54) is 7.11 Å². The SMILES string of the molecule is COC(=O)C1CN(c2nc(/C=C/CO[Si](C)(C)C(C)(C)C)cn(-c3ccc(-c4ncccn4)cc3)c2=O)C1. The van der Waals surface area contributed by atoms with E-state index in [0.717, 1.165) is 5.56 Å². The summed E-state index contributed by atoms with van der Waals surface area (Å²) in [6.07, 6.45) is 8.91. The Bertz CT molecular complexity index is 1360. The fourth-order valence-corrected chi connectivity index (χ4v) is 4.75. The molecule has 0 aliphatic carbocycles. The van der Waals surface area contributed by atoms with E-state index in [4.69, 9.17) is 9.16 Å². The van der Waals surface area contributed by atoms with Gasteiger partial charge in [-0.1, -0.05) is 26.8 Å². The Hall–Kier alpha value is -3.63. The highest BCUT2D eigenvalue weighted by Gasteiger charge is 2.37. The Morgan fingerprint density at radius 3 is 2.39 bits per heavy atom. The smallest absolute Gasteiger partial charge is 0.312 e. The van der Waals surface area contributed by atoms with Gasteiger partial charge >= 0.3 is 5.97 Å². The molecule has 0 N–H and O–H groups in total. The van der Waals surface area contributed by atoms with E-state index in [2.05, 4.69) is 48.8 Å². The van der Waals surface area contributed by atoms with Gasteiger partial charge in [-0.2, -0.15) is 0 Å². The molecule has 0 unspecified atom stereocenters. The number of ether oxygens (including phenoxy) is 1. The van der Waals surface area contributed by atoms with Gasteiger partial charge in [-0.15, -0.1) is 0 Å². The maximum Gasteiger partial charge on any atom is 0.312 e. The van der Waals surface area contributed by atoms with Crippen LogP contribution in [-0.4, -0.2) is 60.6 Å². The first kappa shape index (κ1) is 27.4. The van der Waals surface area contributed by atoms with Crippen LogP contribution in [0, 0.1) is 5.92 Å². The Balaban J connectivity index is 1.63. The third kappa shape index (κ3) is 5.92. The summed E-state index contributed by atoms with van der Waals surface area (Å²) in [5, 5.41) is 0.115. The second kappa shape index (κ2) is 11.0. The van der Waals surface area contributed by atoms with Crippen LogP contribution >= 0.6 is 0 Å². The van der Waals surface area contributed by atoms with Crippen LogP contribution < -0.4 is 10.5 Å². The molecule has 0 atom stereocenters. The minimum Gasteiger partial charge on any atom is -0.469 e. The lowest BCUT2D eigenvalue weighted by Gasteiger charge is -2.37. The van der Waals surface area contributed by atoms with Crippen LogP contribution in [0.4, 0.5) is 5.82 Å². The lowest BCUT2D eigenvalue weighted by Crippen LogP contribution is -2.53. The Morgan fingerprint density at radius 2 is 1.79 bits per heavy atom. The number of anilines is 1. The molecule has 1 saturated heterocycles. The average molecular weight is 534 g/mol. The Kier molecular flexibility index (Phi) is 7.93. The molecule has 200 valence electrons. The zero-order chi connectivity index (χ0) is 27.5. The van der Waals surface area contributed by atoms with Crippen molar-refractivity contribution in [3.8, 4) is 17.1 Å². The second-order valence-electron chi connectivity index (χ2n) is 10.9. The zero-order valence-electron chi connectivity index (χ0n) is 22.8. The van der Waals surface area contributed by atoms with Crippen LogP contribution in [0.5, 0.6) is 0 Å². The van der Waals surface area contributed by atoms with Crippen molar-refractivity contribution < 1.29 is 14.0 Å². The molecular weight excluding hydrogens is 498 g/mol. The van der Waals surface area contributed by atoms with Crippen LogP contribution in [0.25, 0.3) is 23.2 Å². The van der Waals surface area contributed by atoms with Crippen molar-refractivity contribution in [2.45, 2.75) is 38.9 Å². The van der Waals surface area contributed by atoms with E-state index in [0.29, 0.717) is 42.7 Å². The molecule has 0 radical (unpaired) electrons. The number of esters is 1. The van der Waals surface area contributed by atoms with Gasteiger partial charge in [0.2, 0.25) is 0 Å². The predicted octanol–water partition coefficient (Wildman–Crippen LogP) is 4.33. The first-order valence-electron chi connectivity index (χ1n) is 12.6. The highest BCUT2D eigenvalue weighted by molar-refractivity contribution is 6.74. The molecule has 1 fully saturated rings. The van der Waals surface area contributed by atoms with Gasteiger partial charge in [0.05, 0.1) is 25.3 Å². The Morgan fingerprint density at radius 1 is 1.13 bits per heavy atom.